The molecular formula is C26H29ClF3NO2Si. The standard InChI is InChI=1S/C26H29ClF3NO2Si/c1-25(2,3)34(4,5)33-24-23-19(12-26(24,29)30)16(6-8-20(23)27)17-7-9-21(32)18-11-15(28)10-14(13-31)22(17)18/h6,8,10-11,17,21,24,32H,7,9,12H2,1-5H3/t17?,21-,24+/m1/s1. The van der Waals surface area contributed by atoms with Gasteiger partial charge in [-0.25, -0.2) is 13.2 Å². The first-order chi connectivity index (χ1) is 15.7. The number of hydrogen-bond donors (Lipinski definition) is 1. The molecule has 0 saturated carbocycles. The summed E-state index contributed by atoms with van der Waals surface area (Å²) in [6.07, 6.45) is -2.10. The van der Waals surface area contributed by atoms with Gasteiger partial charge in [-0.05, 0) is 71.4 Å². The van der Waals surface area contributed by atoms with Crippen LogP contribution in [0.2, 0.25) is 23.2 Å². The summed E-state index contributed by atoms with van der Waals surface area (Å²) in [5.74, 6) is -4.18. The van der Waals surface area contributed by atoms with Crippen LogP contribution in [0.25, 0.3) is 0 Å². The Morgan fingerprint density at radius 1 is 1.15 bits per heavy atom. The summed E-state index contributed by atoms with van der Waals surface area (Å²) in [7, 11) is -2.55. The van der Waals surface area contributed by atoms with Crippen LogP contribution in [0.15, 0.2) is 24.3 Å². The Labute approximate surface area is 204 Å². The average molecular weight is 508 g/mol. The summed E-state index contributed by atoms with van der Waals surface area (Å²) in [6.45, 7) is 9.87. The average Bonchev–Trinajstić information content (AvgIpc) is 2.98. The maximum atomic E-state index is 15.5. The topological polar surface area (TPSA) is 53.2 Å². The first kappa shape index (κ1) is 25.2. The van der Waals surface area contributed by atoms with Gasteiger partial charge < -0.3 is 9.53 Å². The van der Waals surface area contributed by atoms with Gasteiger partial charge in [0.1, 0.15) is 11.9 Å². The van der Waals surface area contributed by atoms with Crippen molar-refractivity contribution >= 4 is 19.9 Å². The van der Waals surface area contributed by atoms with Gasteiger partial charge in [-0.15, -0.1) is 0 Å². The second kappa shape index (κ2) is 8.37. The molecule has 34 heavy (non-hydrogen) atoms. The molecular weight excluding hydrogens is 479 g/mol. The Bertz CT molecular complexity index is 1190. The molecule has 3 atom stereocenters. The lowest BCUT2D eigenvalue weighted by Crippen LogP contribution is -2.44. The van der Waals surface area contributed by atoms with E-state index in [0.29, 0.717) is 40.7 Å². The van der Waals surface area contributed by atoms with Crippen LogP contribution >= 0.6 is 11.6 Å². The number of fused-ring (bicyclic) bond motifs is 2. The van der Waals surface area contributed by atoms with E-state index in [1.807, 2.05) is 39.9 Å². The second-order valence-electron chi connectivity index (χ2n) is 10.9. The van der Waals surface area contributed by atoms with Crippen LogP contribution in [0, 0.1) is 17.1 Å². The Hall–Kier alpha value is -1.85. The molecule has 0 amide bonds. The smallest absolute Gasteiger partial charge is 0.280 e. The molecule has 2 aromatic carbocycles. The normalized spacial score (nSPS) is 23.9. The van der Waals surface area contributed by atoms with Gasteiger partial charge in [0.25, 0.3) is 5.92 Å². The van der Waals surface area contributed by atoms with Crippen molar-refractivity contribution in [2.24, 2.45) is 0 Å². The molecule has 3 nitrogen and oxygen atoms in total. The lowest BCUT2D eigenvalue weighted by Gasteiger charge is -2.40. The van der Waals surface area contributed by atoms with E-state index in [9.17, 15) is 14.8 Å². The van der Waals surface area contributed by atoms with E-state index in [1.165, 1.54) is 6.07 Å². The summed E-state index contributed by atoms with van der Waals surface area (Å²) in [5.41, 5.74) is 2.33. The van der Waals surface area contributed by atoms with E-state index in [1.54, 1.807) is 12.1 Å². The van der Waals surface area contributed by atoms with Gasteiger partial charge in [-0.3, -0.25) is 0 Å². The molecule has 2 aliphatic rings. The van der Waals surface area contributed by atoms with Crippen LogP contribution in [0.3, 0.4) is 0 Å². The minimum atomic E-state index is -3.14. The number of aliphatic hydroxyl groups excluding tert-OH is 1. The van der Waals surface area contributed by atoms with Gasteiger partial charge in [-0.2, -0.15) is 5.26 Å². The fourth-order valence-corrected chi connectivity index (χ4v) is 6.46. The minimum Gasteiger partial charge on any atom is -0.404 e. The number of aliphatic hydroxyl groups is 1. The van der Waals surface area contributed by atoms with Crippen LogP contribution in [-0.2, 0) is 10.8 Å². The van der Waals surface area contributed by atoms with Crippen molar-refractivity contribution in [2.45, 2.75) is 82.2 Å². The van der Waals surface area contributed by atoms with Crippen molar-refractivity contribution in [3.05, 3.63) is 68.5 Å². The Balaban J connectivity index is 1.88. The van der Waals surface area contributed by atoms with E-state index in [0.717, 1.165) is 6.07 Å². The molecule has 0 bridgehead atoms. The van der Waals surface area contributed by atoms with Crippen molar-refractivity contribution in [3.63, 3.8) is 0 Å². The number of benzene rings is 2. The van der Waals surface area contributed by atoms with Crippen molar-refractivity contribution in [2.75, 3.05) is 0 Å². The zero-order chi connectivity index (χ0) is 25.2. The van der Waals surface area contributed by atoms with Crippen LogP contribution in [-0.4, -0.2) is 19.3 Å². The number of rotatable bonds is 3. The molecule has 2 aromatic rings. The van der Waals surface area contributed by atoms with E-state index in [-0.39, 0.29) is 15.6 Å². The molecule has 182 valence electrons. The van der Waals surface area contributed by atoms with Crippen molar-refractivity contribution in [1.82, 2.24) is 0 Å². The highest BCUT2D eigenvalue weighted by atomic mass is 35.5. The maximum Gasteiger partial charge on any atom is 0.280 e. The summed E-state index contributed by atoms with van der Waals surface area (Å²) >= 11 is 6.51. The van der Waals surface area contributed by atoms with Gasteiger partial charge in [0, 0.05) is 22.9 Å². The quantitative estimate of drug-likeness (QED) is 0.436. The summed E-state index contributed by atoms with van der Waals surface area (Å²) in [4.78, 5) is 0. The highest BCUT2D eigenvalue weighted by Gasteiger charge is 2.54. The Kier molecular flexibility index (Phi) is 6.22. The van der Waals surface area contributed by atoms with Gasteiger partial charge in [-0.1, -0.05) is 38.4 Å². The van der Waals surface area contributed by atoms with Gasteiger partial charge in [0.05, 0.1) is 17.7 Å². The lowest BCUT2D eigenvalue weighted by molar-refractivity contribution is -0.0900. The first-order valence-corrected chi connectivity index (χ1v) is 14.7. The summed E-state index contributed by atoms with van der Waals surface area (Å²) in [6, 6.07) is 7.73. The fourth-order valence-electron chi connectivity index (χ4n) is 4.95. The molecule has 0 fully saturated rings. The second-order valence-corrected chi connectivity index (χ2v) is 16.1. The third kappa shape index (κ3) is 4.09. The molecule has 0 spiro atoms. The molecule has 2 aliphatic carbocycles. The molecule has 4 rings (SSSR count). The van der Waals surface area contributed by atoms with Gasteiger partial charge in [0.2, 0.25) is 0 Å². The molecule has 0 heterocycles. The summed E-state index contributed by atoms with van der Waals surface area (Å²) in [5, 5.41) is 20.2. The van der Waals surface area contributed by atoms with Crippen LogP contribution in [0.1, 0.15) is 85.1 Å². The largest absolute Gasteiger partial charge is 0.404 e. The molecule has 0 radical (unpaired) electrons. The molecule has 1 N–H and O–H groups in total. The zero-order valence-corrected chi connectivity index (χ0v) is 21.7. The SMILES string of the molecule is CC(C)(C)[Si](C)(C)O[C@H]1c2c(Cl)ccc(C3CC[C@@H](O)c4cc(F)cc(C#N)c43)c2CC1(F)F. The molecule has 0 saturated heterocycles. The minimum absolute atomic E-state index is 0.112. The van der Waals surface area contributed by atoms with E-state index >= 15 is 8.78 Å². The Morgan fingerprint density at radius 3 is 2.44 bits per heavy atom. The molecule has 1 unspecified atom stereocenters. The number of hydrogen-bond acceptors (Lipinski definition) is 3. The Morgan fingerprint density at radius 2 is 1.82 bits per heavy atom. The van der Waals surface area contributed by atoms with Crippen LogP contribution in [0.4, 0.5) is 13.2 Å². The zero-order valence-electron chi connectivity index (χ0n) is 20.0. The van der Waals surface area contributed by atoms with Crippen molar-refractivity contribution in [1.29, 1.82) is 5.26 Å². The van der Waals surface area contributed by atoms with Crippen LogP contribution < -0.4 is 0 Å². The lowest BCUT2D eigenvalue weighted by atomic mass is 9.74. The maximum absolute atomic E-state index is 15.5. The number of nitrogens with zero attached hydrogens (tertiary/aromatic N) is 1. The highest BCUT2D eigenvalue weighted by Crippen LogP contribution is 2.55. The van der Waals surface area contributed by atoms with Crippen LogP contribution in [0.5, 0.6) is 0 Å². The predicted octanol–water partition coefficient (Wildman–Crippen LogP) is 7.56. The van der Waals surface area contributed by atoms with Gasteiger partial charge >= 0.3 is 0 Å². The van der Waals surface area contributed by atoms with E-state index in [2.05, 4.69) is 0 Å². The predicted molar refractivity (Wildman–Crippen MR) is 128 cm³/mol. The third-order valence-corrected chi connectivity index (χ3v) is 12.5. The van der Waals surface area contributed by atoms with Crippen molar-refractivity contribution in [3.8, 4) is 6.07 Å². The number of alkyl halides is 2. The van der Waals surface area contributed by atoms with E-state index in [4.69, 9.17) is 16.0 Å². The first-order valence-electron chi connectivity index (χ1n) is 11.5. The summed E-state index contributed by atoms with van der Waals surface area (Å²) < 4.78 is 51.4. The monoisotopic (exact) mass is 507 g/mol. The number of nitriles is 1. The molecule has 0 aliphatic heterocycles. The van der Waals surface area contributed by atoms with E-state index < -0.39 is 44.6 Å². The van der Waals surface area contributed by atoms with Crippen molar-refractivity contribution < 1.29 is 22.7 Å². The number of halogens is 4. The fraction of sp³-hybridized carbons (Fsp3) is 0.500. The highest BCUT2D eigenvalue weighted by molar-refractivity contribution is 6.74. The molecule has 8 heteroatoms. The molecule has 0 aromatic heterocycles. The van der Waals surface area contributed by atoms with Gasteiger partial charge in [0.15, 0.2) is 8.32 Å². The third-order valence-electron chi connectivity index (χ3n) is 7.73.